The number of azo groups is 1. The molecule has 0 unspecified atom stereocenters. The van der Waals surface area contributed by atoms with Gasteiger partial charge in [-0.05, 0) is 48.5 Å². The molecule has 11 nitrogen and oxygen atoms in total. The third-order valence-corrected chi connectivity index (χ3v) is 9.95. The van der Waals surface area contributed by atoms with Crippen LogP contribution in [0.4, 0.5) is 17.1 Å². The maximum atomic E-state index is 12.7. The number of fused-ring (bicyclic) bond motifs is 4. The van der Waals surface area contributed by atoms with Crippen molar-refractivity contribution in [3.8, 4) is 17.0 Å². The number of carbonyl (C=O) groups is 1. The van der Waals surface area contributed by atoms with E-state index in [1.54, 1.807) is 59.9 Å². The maximum absolute atomic E-state index is 12.7. The van der Waals surface area contributed by atoms with Gasteiger partial charge in [-0.3, -0.25) is 14.3 Å². The molecule has 238 valence electrons. The van der Waals surface area contributed by atoms with E-state index in [4.69, 9.17) is 22.1 Å². The van der Waals surface area contributed by atoms with E-state index in [0.717, 1.165) is 25.7 Å². The number of nitrogen functional groups attached to an aromatic ring is 1. The van der Waals surface area contributed by atoms with Crippen molar-refractivity contribution in [2.45, 2.75) is 4.90 Å². The Morgan fingerprint density at radius 2 is 1.69 bits per heavy atom. The minimum Gasteiger partial charge on any atom is -0.472 e. The first-order valence-electron chi connectivity index (χ1n) is 14.3. The van der Waals surface area contributed by atoms with Crippen molar-refractivity contribution in [3.05, 3.63) is 114 Å². The number of hydrogen-bond acceptors (Lipinski definition) is 10. The highest BCUT2D eigenvalue weighted by Crippen LogP contribution is 2.44. The lowest BCUT2D eigenvalue weighted by Gasteiger charge is -2.13. The lowest BCUT2D eigenvalue weighted by Crippen LogP contribution is -2.28. The van der Waals surface area contributed by atoms with Crippen LogP contribution in [0.15, 0.2) is 119 Å². The summed E-state index contributed by atoms with van der Waals surface area (Å²) in [5.74, 6) is 0.0661. The van der Waals surface area contributed by atoms with E-state index < -0.39 is 16.0 Å². The van der Waals surface area contributed by atoms with Gasteiger partial charge in [0.15, 0.2) is 6.73 Å². The summed E-state index contributed by atoms with van der Waals surface area (Å²) in [6.07, 6.45) is 3.02. The molecule has 0 aliphatic heterocycles. The fourth-order valence-electron chi connectivity index (χ4n) is 5.32. The lowest BCUT2D eigenvalue weighted by atomic mass is 10.1. The average Bonchev–Trinajstić information content (AvgIpc) is 3.46. The van der Waals surface area contributed by atoms with Gasteiger partial charge in [-0.2, -0.15) is 8.42 Å². The number of pyridine rings is 2. The van der Waals surface area contributed by atoms with Crippen LogP contribution in [0.1, 0.15) is 10.4 Å². The van der Waals surface area contributed by atoms with Crippen LogP contribution in [0.25, 0.3) is 42.2 Å². The van der Waals surface area contributed by atoms with Gasteiger partial charge in [0.25, 0.3) is 16.0 Å². The number of nitrogens with two attached hydrogens (primary N) is 1. The first kappa shape index (κ1) is 31.1. The number of thiophene rings is 1. The van der Waals surface area contributed by atoms with Crippen molar-refractivity contribution in [2.24, 2.45) is 10.2 Å². The highest BCUT2D eigenvalue weighted by molar-refractivity contribution is 7.86. The summed E-state index contributed by atoms with van der Waals surface area (Å²) in [5.41, 5.74) is 8.49. The fraction of sp³-hybridized carbons (Fsp3) is 0.0294. The number of carbonyl (C=O) groups excluding carboxylic acids is 1. The number of hydrogen-bond donors (Lipinski definition) is 3. The molecule has 0 radical (unpaired) electrons. The minimum absolute atomic E-state index is 0.0748. The van der Waals surface area contributed by atoms with Crippen molar-refractivity contribution >= 4 is 87.0 Å². The molecule has 4 N–H and O–H groups in total. The maximum Gasteiger partial charge on any atom is 0.295 e. The number of benzene rings is 4. The summed E-state index contributed by atoms with van der Waals surface area (Å²) in [4.78, 5) is 21.0. The Labute approximate surface area is 282 Å². The first-order chi connectivity index (χ1) is 23.2. The third kappa shape index (κ3) is 5.91. The summed E-state index contributed by atoms with van der Waals surface area (Å²) < 4.78 is 42.2. The number of nitrogens with one attached hydrogen (secondary N) is 1. The van der Waals surface area contributed by atoms with Crippen molar-refractivity contribution in [3.63, 3.8) is 0 Å². The Kier molecular flexibility index (Phi) is 8.19. The molecule has 0 atom stereocenters. The SMILES string of the molecule is Nc1c(/N=N/c2ccc(-c3c(OCNC(=O)c4cccnc4Cl)ccc4c3sc3ccccc34)nc2)cc(S(=O)(=O)O)c2ccccc12. The van der Waals surface area contributed by atoms with E-state index in [1.807, 2.05) is 30.3 Å². The molecule has 7 aromatic rings. The number of amides is 1. The van der Waals surface area contributed by atoms with E-state index in [2.05, 4.69) is 31.6 Å². The van der Waals surface area contributed by atoms with Crippen LogP contribution in [-0.2, 0) is 10.1 Å². The molecular formula is C34H23ClN6O5S2. The topological polar surface area (TPSA) is 169 Å². The van der Waals surface area contributed by atoms with E-state index in [-0.39, 0.29) is 39.1 Å². The molecule has 14 heteroatoms. The average molecular weight is 695 g/mol. The first-order valence-corrected chi connectivity index (χ1v) is 16.9. The molecule has 0 fully saturated rings. The van der Waals surface area contributed by atoms with Gasteiger partial charge in [0.1, 0.15) is 27.2 Å². The van der Waals surface area contributed by atoms with E-state index >= 15 is 0 Å². The molecule has 0 aliphatic rings. The van der Waals surface area contributed by atoms with Crippen molar-refractivity contribution in [1.29, 1.82) is 0 Å². The highest BCUT2D eigenvalue weighted by Gasteiger charge is 2.20. The number of nitrogens with zero attached hydrogens (tertiary/aromatic N) is 4. The molecule has 4 aromatic carbocycles. The predicted molar refractivity (Wildman–Crippen MR) is 187 cm³/mol. The number of halogens is 1. The summed E-state index contributed by atoms with van der Waals surface area (Å²) in [6.45, 7) is -0.140. The highest BCUT2D eigenvalue weighted by atomic mass is 35.5. The number of rotatable bonds is 8. The van der Waals surface area contributed by atoms with E-state index in [9.17, 15) is 17.8 Å². The summed E-state index contributed by atoms with van der Waals surface area (Å²) in [6, 6.07) is 26.3. The quantitative estimate of drug-likeness (QED) is 0.0469. The molecule has 3 heterocycles. The summed E-state index contributed by atoms with van der Waals surface area (Å²) in [5, 5.41) is 14.0. The Balaban J connectivity index is 1.22. The van der Waals surface area contributed by atoms with Gasteiger partial charge in [0, 0.05) is 37.1 Å². The fourth-order valence-corrected chi connectivity index (χ4v) is 7.49. The Bertz CT molecular complexity index is 2520. The van der Waals surface area contributed by atoms with Gasteiger partial charge < -0.3 is 15.8 Å². The molecule has 48 heavy (non-hydrogen) atoms. The Hall–Kier alpha value is -5.47. The number of ether oxygens (including phenoxy) is 1. The minimum atomic E-state index is -4.56. The molecule has 0 aliphatic carbocycles. The van der Waals surface area contributed by atoms with Gasteiger partial charge in [0.2, 0.25) is 0 Å². The lowest BCUT2D eigenvalue weighted by molar-refractivity contribution is 0.0919. The van der Waals surface area contributed by atoms with Crippen molar-refractivity contribution in [2.75, 3.05) is 12.5 Å². The largest absolute Gasteiger partial charge is 0.472 e. The van der Waals surface area contributed by atoms with Crippen molar-refractivity contribution < 1.29 is 22.5 Å². The second-order valence-corrected chi connectivity index (χ2v) is 13.3. The molecule has 0 saturated heterocycles. The molecule has 0 bridgehead atoms. The Morgan fingerprint density at radius 1 is 0.917 bits per heavy atom. The standard InChI is InChI=1S/C34H23ClN6O5S2/c35-33-24(9-5-15-37-33)34(42)39-18-46-27-14-12-23-20-6-3-4-10-28(20)47-32(23)30(27)25-13-11-19(17-38-25)40-41-26-16-29(48(43,44)45)21-7-1-2-8-22(21)31(26)36/h1-17H,18,36H2,(H,39,42)(H,43,44,45)/b41-40+. The van der Waals surface area contributed by atoms with Gasteiger partial charge in [0.05, 0.1) is 28.7 Å². The zero-order valence-electron chi connectivity index (χ0n) is 24.7. The van der Waals surface area contributed by atoms with Crippen LogP contribution in [-0.4, -0.2) is 35.6 Å². The van der Waals surface area contributed by atoms with Gasteiger partial charge >= 0.3 is 0 Å². The number of anilines is 1. The van der Waals surface area contributed by atoms with Crippen LogP contribution in [0, 0.1) is 0 Å². The van der Waals surface area contributed by atoms with Crippen LogP contribution >= 0.6 is 22.9 Å². The third-order valence-electron chi connectivity index (χ3n) is 7.55. The molecular weight excluding hydrogens is 672 g/mol. The Morgan fingerprint density at radius 3 is 2.44 bits per heavy atom. The number of aromatic nitrogens is 2. The van der Waals surface area contributed by atoms with Gasteiger partial charge in [-0.15, -0.1) is 21.6 Å². The molecule has 3 aromatic heterocycles. The smallest absolute Gasteiger partial charge is 0.295 e. The molecule has 0 spiro atoms. The van der Waals surface area contributed by atoms with Crippen LogP contribution < -0.4 is 15.8 Å². The zero-order chi connectivity index (χ0) is 33.4. The second-order valence-electron chi connectivity index (χ2n) is 10.5. The molecule has 0 saturated carbocycles. The molecule has 7 rings (SSSR count). The molecule has 1 amide bonds. The van der Waals surface area contributed by atoms with E-state index in [1.165, 1.54) is 18.5 Å². The van der Waals surface area contributed by atoms with Crippen LogP contribution in [0.5, 0.6) is 5.75 Å². The summed E-state index contributed by atoms with van der Waals surface area (Å²) >= 11 is 7.67. The van der Waals surface area contributed by atoms with Crippen LogP contribution in [0.2, 0.25) is 5.15 Å². The normalized spacial score (nSPS) is 11.9. The van der Waals surface area contributed by atoms with Gasteiger partial charge in [-0.1, -0.05) is 54.1 Å². The predicted octanol–water partition coefficient (Wildman–Crippen LogP) is 8.33. The van der Waals surface area contributed by atoms with Crippen molar-refractivity contribution in [1.82, 2.24) is 15.3 Å². The zero-order valence-corrected chi connectivity index (χ0v) is 27.1. The monoisotopic (exact) mass is 694 g/mol. The second kappa shape index (κ2) is 12.6. The summed E-state index contributed by atoms with van der Waals surface area (Å²) in [7, 11) is -4.56. The van der Waals surface area contributed by atoms with Crippen LogP contribution in [0.3, 0.4) is 0 Å². The van der Waals surface area contributed by atoms with Gasteiger partial charge in [-0.25, -0.2) is 4.98 Å². The van der Waals surface area contributed by atoms with E-state index in [0.29, 0.717) is 22.5 Å².